The fraction of sp³-hybridized carbons (Fsp3) is 0.100. The van der Waals surface area contributed by atoms with Gasteiger partial charge in [-0.1, -0.05) is 23.9 Å². The van der Waals surface area contributed by atoms with E-state index >= 15 is 0 Å². The molecule has 0 unspecified atom stereocenters. The Morgan fingerprint density at radius 3 is 2.97 bits per heavy atom. The lowest BCUT2D eigenvalue weighted by Gasteiger charge is -2.07. The largest absolute Gasteiger partial charge is 0.507 e. The maximum atomic E-state index is 12.3. The molecular weight excluding hydrogens is 424 g/mol. The number of aromatic nitrogens is 2. The summed E-state index contributed by atoms with van der Waals surface area (Å²) in [5, 5.41) is 14.8. The summed E-state index contributed by atoms with van der Waals surface area (Å²) >= 11 is 4.33. The number of thioether (sulfide) groups is 1. The highest BCUT2D eigenvalue weighted by Gasteiger charge is 2.18. The summed E-state index contributed by atoms with van der Waals surface area (Å²) in [6, 6.07) is 12.8. The number of rotatable bonds is 6. The zero-order chi connectivity index (χ0) is 20.2. The van der Waals surface area contributed by atoms with Crippen molar-refractivity contribution in [2.75, 3.05) is 5.32 Å². The summed E-state index contributed by atoms with van der Waals surface area (Å²) < 4.78 is 1.82. The summed E-state index contributed by atoms with van der Waals surface area (Å²) in [4.78, 5) is 25.4. The number of para-hydroxylation sites is 1. The summed E-state index contributed by atoms with van der Waals surface area (Å²) in [5.74, 6) is 0.0935. The molecule has 0 spiro atoms. The highest BCUT2D eigenvalue weighted by molar-refractivity contribution is 8.02. The molecule has 146 valence electrons. The van der Waals surface area contributed by atoms with Gasteiger partial charge in [-0.15, -0.1) is 22.7 Å². The number of fused-ring (bicyclic) bond motifs is 1. The van der Waals surface area contributed by atoms with Crippen molar-refractivity contribution in [2.24, 2.45) is 4.99 Å². The number of anilines is 1. The van der Waals surface area contributed by atoms with Crippen LogP contribution in [-0.2, 0) is 4.79 Å². The minimum atomic E-state index is -0.294. The Bertz CT molecular complexity index is 1170. The predicted molar refractivity (Wildman–Crippen MR) is 121 cm³/mol. The van der Waals surface area contributed by atoms with Crippen molar-refractivity contribution < 1.29 is 9.90 Å². The minimum absolute atomic E-state index is 0.0998. The van der Waals surface area contributed by atoms with Crippen molar-refractivity contribution in [1.82, 2.24) is 9.97 Å². The van der Waals surface area contributed by atoms with Gasteiger partial charge >= 0.3 is 0 Å². The fourth-order valence-corrected chi connectivity index (χ4v) is 5.24. The van der Waals surface area contributed by atoms with Gasteiger partial charge in [-0.2, -0.15) is 0 Å². The van der Waals surface area contributed by atoms with Gasteiger partial charge in [0.05, 0.1) is 21.2 Å². The van der Waals surface area contributed by atoms with Crippen LogP contribution >= 0.6 is 34.4 Å². The van der Waals surface area contributed by atoms with Crippen LogP contribution in [0.4, 0.5) is 10.8 Å². The molecule has 0 aliphatic rings. The predicted octanol–water partition coefficient (Wildman–Crippen LogP) is 5.33. The Morgan fingerprint density at radius 1 is 1.31 bits per heavy atom. The second kappa shape index (κ2) is 8.73. The molecule has 1 atom stereocenters. The number of hydrogen-bond acceptors (Lipinski definition) is 8. The van der Waals surface area contributed by atoms with E-state index in [9.17, 15) is 9.90 Å². The molecular formula is C20H16N4O2S3. The van der Waals surface area contributed by atoms with Crippen molar-refractivity contribution in [1.29, 1.82) is 0 Å². The molecule has 2 N–H and O–H groups in total. The molecule has 4 rings (SSSR count). The molecule has 2 aromatic carbocycles. The number of nitrogens with one attached hydrogen (secondary N) is 1. The van der Waals surface area contributed by atoms with E-state index in [1.54, 1.807) is 30.6 Å². The third-order valence-corrected chi connectivity index (χ3v) is 6.85. The molecule has 9 heteroatoms. The summed E-state index contributed by atoms with van der Waals surface area (Å²) in [5.41, 5.74) is 2.30. The van der Waals surface area contributed by atoms with Gasteiger partial charge in [-0.25, -0.2) is 9.97 Å². The van der Waals surface area contributed by atoms with Crippen molar-refractivity contribution in [3.8, 4) is 5.75 Å². The van der Waals surface area contributed by atoms with Crippen LogP contribution in [0, 0.1) is 0 Å². The highest BCUT2D eigenvalue weighted by Crippen LogP contribution is 2.34. The molecule has 2 heterocycles. The maximum Gasteiger partial charge on any atom is 0.239 e. The number of aromatic hydroxyl groups is 1. The molecule has 0 bridgehead atoms. The number of benzene rings is 2. The molecule has 0 aliphatic carbocycles. The number of hydrogen-bond donors (Lipinski definition) is 2. The third-order valence-electron chi connectivity index (χ3n) is 3.95. The van der Waals surface area contributed by atoms with Gasteiger partial charge in [-0.05, 0) is 37.3 Å². The first-order chi connectivity index (χ1) is 14.1. The van der Waals surface area contributed by atoms with Crippen LogP contribution in [0.3, 0.4) is 0 Å². The summed E-state index contributed by atoms with van der Waals surface area (Å²) in [7, 11) is 0. The fourth-order valence-electron chi connectivity index (χ4n) is 2.46. The lowest BCUT2D eigenvalue weighted by molar-refractivity contribution is -0.115. The first-order valence-corrected chi connectivity index (χ1v) is 11.3. The van der Waals surface area contributed by atoms with Crippen molar-refractivity contribution in [3.63, 3.8) is 0 Å². The van der Waals surface area contributed by atoms with E-state index in [0.29, 0.717) is 10.7 Å². The van der Waals surface area contributed by atoms with E-state index in [1.807, 2.05) is 36.6 Å². The first-order valence-electron chi connectivity index (χ1n) is 8.68. The third kappa shape index (κ3) is 4.81. The van der Waals surface area contributed by atoms with Gasteiger partial charge in [0.15, 0.2) is 9.47 Å². The summed E-state index contributed by atoms with van der Waals surface area (Å²) in [6.45, 7) is 1.85. The number of thiazole rings is 2. The van der Waals surface area contributed by atoms with Gasteiger partial charge < -0.3 is 10.4 Å². The number of carbonyl (C=O) groups is 1. The molecule has 2 aromatic heterocycles. The molecule has 0 saturated carbocycles. The standard InChI is InChI=1S/C20H16N4O2S3/c1-12(18(26)24-19-21-8-9-27-19)28-20-23-15-7-6-14(10-17(15)29-20)22-11-13-4-2-3-5-16(13)25/h2-12,25H,1H3,(H,21,24,26)/t12-/m1/s1. The highest BCUT2D eigenvalue weighted by atomic mass is 32.2. The molecule has 4 aromatic rings. The molecule has 6 nitrogen and oxygen atoms in total. The Morgan fingerprint density at radius 2 is 2.17 bits per heavy atom. The van der Waals surface area contributed by atoms with E-state index in [2.05, 4.69) is 20.3 Å². The van der Waals surface area contributed by atoms with Gasteiger partial charge in [0.1, 0.15) is 5.75 Å². The van der Waals surface area contributed by atoms with Crippen LogP contribution in [0.2, 0.25) is 0 Å². The van der Waals surface area contributed by atoms with E-state index in [-0.39, 0.29) is 16.9 Å². The molecule has 29 heavy (non-hydrogen) atoms. The first kappa shape index (κ1) is 19.6. The Hall–Kier alpha value is -2.75. The number of phenols is 1. The van der Waals surface area contributed by atoms with Gasteiger partial charge in [0.25, 0.3) is 0 Å². The molecule has 0 radical (unpaired) electrons. The number of amides is 1. The second-order valence-corrected chi connectivity index (χ2v) is 9.55. The SMILES string of the molecule is C[C@@H](Sc1nc2ccc(N=Cc3ccccc3O)cc2s1)C(=O)Nc1nccs1. The minimum Gasteiger partial charge on any atom is -0.507 e. The van der Waals surface area contributed by atoms with Crippen molar-refractivity contribution in [2.45, 2.75) is 16.5 Å². The van der Waals surface area contributed by atoms with Crippen LogP contribution in [0.15, 0.2) is 63.4 Å². The Balaban J connectivity index is 1.46. The topological polar surface area (TPSA) is 87.5 Å². The smallest absolute Gasteiger partial charge is 0.239 e. The quantitative estimate of drug-likeness (QED) is 0.313. The van der Waals surface area contributed by atoms with Crippen LogP contribution in [-0.4, -0.2) is 32.4 Å². The average Bonchev–Trinajstić information content (AvgIpc) is 3.36. The molecule has 0 saturated heterocycles. The van der Waals surface area contributed by atoms with Crippen molar-refractivity contribution >= 4 is 67.6 Å². The van der Waals surface area contributed by atoms with E-state index < -0.39 is 0 Å². The second-order valence-electron chi connectivity index (χ2n) is 6.04. The average molecular weight is 441 g/mol. The molecule has 1 amide bonds. The van der Waals surface area contributed by atoms with Gasteiger partial charge in [0, 0.05) is 23.4 Å². The number of aliphatic imine (C=N–C) groups is 1. The number of phenolic OH excluding ortho intramolecular Hbond substituents is 1. The lowest BCUT2D eigenvalue weighted by atomic mass is 10.2. The molecule has 0 fully saturated rings. The summed E-state index contributed by atoms with van der Waals surface area (Å²) in [6.07, 6.45) is 3.29. The van der Waals surface area contributed by atoms with E-state index in [0.717, 1.165) is 20.2 Å². The Kier molecular flexibility index (Phi) is 5.89. The lowest BCUT2D eigenvalue weighted by Crippen LogP contribution is -2.22. The maximum absolute atomic E-state index is 12.3. The molecule has 0 aliphatic heterocycles. The van der Waals surface area contributed by atoms with Crippen LogP contribution in [0.5, 0.6) is 5.75 Å². The Labute approximate surface area is 179 Å². The van der Waals surface area contributed by atoms with Gasteiger partial charge in [-0.3, -0.25) is 9.79 Å². The van der Waals surface area contributed by atoms with Crippen molar-refractivity contribution in [3.05, 3.63) is 59.6 Å². The number of nitrogens with zero attached hydrogens (tertiary/aromatic N) is 3. The van der Waals surface area contributed by atoms with Crippen LogP contribution in [0.25, 0.3) is 10.2 Å². The van der Waals surface area contributed by atoms with Crippen LogP contribution < -0.4 is 5.32 Å². The van der Waals surface area contributed by atoms with E-state index in [1.165, 1.54) is 34.4 Å². The zero-order valence-electron chi connectivity index (χ0n) is 15.3. The number of carbonyl (C=O) groups excluding carboxylic acids is 1. The zero-order valence-corrected chi connectivity index (χ0v) is 17.7. The van der Waals surface area contributed by atoms with Gasteiger partial charge in [0.2, 0.25) is 5.91 Å². The van der Waals surface area contributed by atoms with E-state index in [4.69, 9.17) is 0 Å². The normalized spacial score (nSPS) is 12.4. The van der Waals surface area contributed by atoms with Crippen LogP contribution in [0.1, 0.15) is 12.5 Å². The monoisotopic (exact) mass is 440 g/mol.